The zero-order valence-electron chi connectivity index (χ0n) is 24.0. The number of carbonyl (C=O) groups excluding carboxylic acids is 1. The Hall–Kier alpha value is -1.92. The van der Waals surface area contributed by atoms with Gasteiger partial charge in [-0.25, -0.2) is 4.98 Å². The topological polar surface area (TPSA) is 50.6 Å². The van der Waals surface area contributed by atoms with Gasteiger partial charge in [0, 0.05) is 36.6 Å². The van der Waals surface area contributed by atoms with Crippen LogP contribution >= 0.6 is 0 Å². The highest BCUT2D eigenvalue weighted by atomic mass is 16.5. The van der Waals surface area contributed by atoms with Gasteiger partial charge < -0.3 is 9.30 Å². The van der Waals surface area contributed by atoms with E-state index in [4.69, 9.17) is 9.72 Å². The predicted octanol–water partition coefficient (Wildman–Crippen LogP) is 6.31. The zero-order chi connectivity index (χ0) is 26.3. The van der Waals surface area contributed by atoms with Crippen LogP contribution in [0.25, 0.3) is 11.0 Å². The van der Waals surface area contributed by atoms with E-state index in [9.17, 15) is 4.79 Å². The third kappa shape index (κ3) is 5.16. The highest BCUT2D eigenvalue weighted by molar-refractivity contribution is 5.76. The average Bonchev–Trinajstić information content (AvgIpc) is 3.26. The number of hydrogen-bond acceptors (Lipinski definition) is 5. The fourth-order valence-corrected chi connectivity index (χ4v) is 9.70. The molecule has 7 rings (SSSR count). The summed E-state index contributed by atoms with van der Waals surface area (Å²) < 4.78 is 7.67. The Morgan fingerprint density at radius 3 is 2.33 bits per heavy atom. The van der Waals surface area contributed by atoms with Crippen molar-refractivity contribution in [3.05, 3.63) is 30.1 Å². The Kier molecular flexibility index (Phi) is 7.44. The second-order valence-electron chi connectivity index (χ2n) is 13.7. The molecule has 2 saturated carbocycles. The number of aromatic nitrogens is 2. The number of imidazole rings is 1. The molecule has 1 aromatic heterocycles. The van der Waals surface area contributed by atoms with E-state index in [-0.39, 0.29) is 5.97 Å². The number of carbonyl (C=O) groups is 1. The summed E-state index contributed by atoms with van der Waals surface area (Å²) in [5.41, 5.74) is 2.46. The SMILES string of the molecule is COC(=O)CN1CCCC(c2nc3ccccc3n2C2C[C@H]3CCC[C@@H](C2)N3C2C[C@H]3CCCC[C@@H](C2)C3)C1. The lowest BCUT2D eigenvalue weighted by Crippen LogP contribution is -2.58. The standard InChI is InChI=1S/C33H48N4O2/c1-39-32(38)22-35-15-7-10-25(21-35)33-34-30-13-4-5-14-31(30)37(33)29-19-26-11-6-12-27(20-29)36(26)28-17-23-8-2-3-9-24(16-23)18-28/h4-5,13-14,23-29H,2-3,6-12,15-22H2,1H3/t23-,24+,25?,26-,27+,28?,29?. The molecule has 7 atom stereocenters. The number of para-hydroxylation sites is 2. The lowest BCUT2D eigenvalue weighted by atomic mass is 9.73. The van der Waals surface area contributed by atoms with Crippen LogP contribution in [0.5, 0.6) is 0 Å². The van der Waals surface area contributed by atoms with Crippen LogP contribution in [0.4, 0.5) is 0 Å². The van der Waals surface area contributed by atoms with Gasteiger partial charge in [-0.3, -0.25) is 14.6 Å². The van der Waals surface area contributed by atoms with Crippen LogP contribution in [-0.2, 0) is 9.53 Å². The number of hydrogen-bond donors (Lipinski definition) is 0. The maximum atomic E-state index is 12.0. The molecule has 2 aliphatic carbocycles. The van der Waals surface area contributed by atoms with Crippen LogP contribution in [0.15, 0.2) is 24.3 Å². The molecule has 5 aliphatic rings. The Labute approximate surface area is 234 Å². The lowest BCUT2D eigenvalue weighted by molar-refractivity contribution is -0.142. The van der Waals surface area contributed by atoms with Crippen molar-refractivity contribution in [2.24, 2.45) is 11.8 Å². The predicted molar refractivity (Wildman–Crippen MR) is 155 cm³/mol. The third-order valence-electron chi connectivity index (χ3n) is 11.2. The first-order chi connectivity index (χ1) is 19.2. The first kappa shape index (κ1) is 26.0. The summed E-state index contributed by atoms with van der Waals surface area (Å²) in [6, 6.07) is 11.6. The summed E-state index contributed by atoms with van der Waals surface area (Å²) >= 11 is 0. The number of ether oxygens (including phenoxy) is 1. The van der Waals surface area contributed by atoms with Gasteiger partial charge in [-0.05, 0) is 88.3 Å². The number of esters is 1. The van der Waals surface area contributed by atoms with E-state index in [0.717, 1.165) is 61.4 Å². The summed E-state index contributed by atoms with van der Waals surface area (Å²) in [6.07, 6.45) is 19.3. The van der Waals surface area contributed by atoms with Gasteiger partial charge in [-0.1, -0.05) is 44.2 Å². The largest absolute Gasteiger partial charge is 0.468 e. The van der Waals surface area contributed by atoms with Crippen LogP contribution in [0.1, 0.15) is 108 Å². The molecular formula is C33H48N4O2. The molecule has 1 aromatic carbocycles. The van der Waals surface area contributed by atoms with Gasteiger partial charge >= 0.3 is 5.97 Å². The summed E-state index contributed by atoms with van der Waals surface area (Å²) in [5.74, 6) is 3.48. The van der Waals surface area contributed by atoms with E-state index in [1.54, 1.807) is 0 Å². The second-order valence-corrected chi connectivity index (χ2v) is 13.7. The van der Waals surface area contributed by atoms with Crippen molar-refractivity contribution in [3.8, 4) is 0 Å². The lowest BCUT2D eigenvalue weighted by Gasteiger charge is -2.55. The number of likely N-dealkylation sites (tertiary alicyclic amines) is 1. The van der Waals surface area contributed by atoms with Crippen molar-refractivity contribution >= 4 is 17.0 Å². The second kappa shape index (κ2) is 11.2. The van der Waals surface area contributed by atoms with Gasteiger partial charge in [0.05, 0.1) is 24.7 Å². The summed E-state index contributed by atoms with van der Waals surface area (Å²) in [7, 11) is 1.49. The van der Waals surface area contributed by atoms with Gasteiger partial charge in [0.1, 0.15) is 5.82 Å². The number of fused-ring (bicyclic) bond motifs is 5. The van der Waals surface area contributed by atoms with Crippen molar-refractivity contribution in [2.75, 3.05) is 26.7 Å². The third-order valence-corrected chi connectivity index (χ3v) is 11.2. The number of piperidine rings is 3. The maximum Gasteiger partial charge on any atom is 0.319 e. The number of benzene rings is 1. The van der Waals surface area contributed by atoms with E-state index < -0.39 is 0 Å². The van der Waals surface area contributed by atoms with Crippen molar-refractivity contribution in [3.63, 3.8) is 0 Å². The molecule has 0 radical (unpaired) electrons. The first-order valence-corrected chi connectivity index (χ1v) is 16.2. The molecule has 4 heterocycles. The van der Waals surface area contributed by atoms with Crippen molar-refractivity contribution in [1.82, 2.24) is 19.4 Å². The Balaban J connectivity index is 1.16. The van der Waals surface area contributed by atoms with Crippen molar-refractivity contribution < 1.29 is 9.53 Å². The van der Waals surface area contributed by atoms with Gasteiger partial charge in [-0.2, -0.15) is 0 Å². The summed E-state index contributed by atoms with van der Waals surface area (Å²) in [5, 5.41) is 0. The normalized spacial score (nSPS) is 36.0. The van der Waals surface area contributed by atoms with E-state index in [1.165, 1.54) is 95.5 Å². The van der Waals surface area contributed by atoms with Crippen LogP contribution in [0.3, 0.4) is 0 Å². The van der Waals surface area contributed by atoms with Crippen LogP contribution in [0, 0.1) is 11.8 Å². The van der Waals surface area contributed by atoms with Crippen molar-refractivity contribution in [2.45, 2.75) is 120 Å². The Morgan fingerprint density at radius 1 is 0.846 bits per heavy atom. The monoisotopic (exact) mass is 532 g/mol. The van der Waals surface area contributed by atoms with E-state index in [2.05, 4.69) is 38.6 Å². The Bertz CT molecular complexity index is 1130. The van der Waals surface area contributed by atoms with E-state index in [1.807, 2.05) is 0 Å². The molecule has 2 aromatic rings. The molecule has 5 fully saturated rings. The number of nitrogens with zero attached hydrogens (tertiary/aromatic N) is 4. The minimum Gasteiger partial charge on any atom is -0.468 e. The van der Waals surface area contributed by atoms with Gasteiger partial charge in [0.2, 0.25) is 0 Å². The molecule has 0 amide bonds. The van der Waals surface area contributed by atoms with Gasteiger partial charge in [-0.15, -0.1) is 0 Å². The molecule has 0 N–H and O–H groups in total. The van der Waals surface area contributed by atoms with Crippen LogP contribution < -0.4 is 0 Å². The summed E-state index contributed by atoms with van der Waals surface area (Å²) in [6.45, 7) is 2.26. The van der Waals surface area contributed by atoms with Crippen molar-refractivity contribution in [1.29, 1.82) is 0 Å². The maximum absolute atomic E-state index is 12.0. The van der Waals surface area contributed by atoms with E-state index >= 15 is 0 Å². The number of rotatable bonds is 5. The highest BCUT2D eigenvalue weighted by Gasteiger charge is 2.45. The van der Waals surface area contributed by atoms with E-state index in [0.29, 0.717) is 18.5 Å². The molecule has 39 heavy (non-hydrogen) atoms. The molecule has 212 valence electrons. The molecule has 6 nitrogen and oxygen atoms in total. The van der Waals surface area contributed by atoms with Crippen LogP contribution in [0.2, 0.25) is 0 Å². The molecular weight excluding hydrogens is 484 g/mol. The van der Waals surface area contributed by atoms with Gasteiger partial charge in [0.15, 0.2) is 0 Å². The Morgan fingerprint density at radius 2 is 1.59 bits per heavy atom. The quantitative estimate of drug-likeness (QED) is 0.423. The molecule has 4 bridgehead atoms. The molecule has 3 unspecified atom stereocenters. The fourth-order valence-electron chi connectivity index (χ4n) is 9.70. The minimum atomic E-state index is -0.132. The average molecular weight is 533 g/mol. The van der Waals surface area contributed by atoms with Gasteiger partial charge in [0.25, 0.3) is 0 Å². The van der Waals surface area contributed by atoms with Crippen LogP contribution in [-0.4, -0.2) is 70.2 Å². The fraction of sp³-hybridized carbons (Fsp3) is 0.758. The summed E-state index contributed by atoms with van der Waals surface area (Å²) in [4.78, 5) is 22.7. The minimum absolute atomic E-state index is 0.132. The zero-order valence-corrected chi connectivity index (χ0v) is 24.0. The molecule has 0 spiro atoms. The number of methoxy groups -OCH3 is 1. The highest BCUT2D eigenvalue weighted by Crippen LogP contribution is 2.48. The smallest absolute Gasteiger partial charge is 0.319 e. The molecule has 3 aliphatic heterocycles. The first-order valence-electron chi connectivity index (χ1n) is 16.2. The molecule has 6 heteroatoms. The molecule has 3 saturated heterocycles.